The highest BCUT2D eigenvalue weighted by molar-refractivity contribution is 9.10. The minimum absolute atomic E-state index is 0. The molecule has 0 radical (unpaired) electrons. The quantitative estimate of drug-likeness (QED) is 0.821. The molecule has 1 heterocycles. The number of amides is 1. The predicted molar refractivity (Wildman–Crippen MR) is 85.3 cm³/mol. The second-order valence-corrected chi connectivity index (χ2v) is 5.75. The number of benzene rings is 1. The van der Waals surface area contributed by atoms with E-state index in [1.165, 1.54) is 6.07 Å². The van der Waals surface area contributed by atoms with E-state index in [9.17, 15) is 9.18 Å². The third-order valence-electron chi connectivity index (χ3n) is 3.44. The van der Waals surface area contributed by atoms with E-state index in [0.717, 1.165) is 4.47 Å². The van der Waals surface area contributed by atoms with Gasteiger partial charge in [0.05, 0.1) is 12.1 Å². The summed E-state index contributed by atoms with van der Waals surface area (Å²) in [4.78, 5) is 11.9. The first-order chi connectivity index (χ1) is 9.60. The Morgan fingerprint density at radius 1 is 1.57 bits per heavy atom. The average molecular weight is 382 g/mol. The lowest BCUT2D eigenvalue weighted by Gasteiger charge is -2.11. The summed E-state index contributed by atoms with van der Waals surface area (Å²) in [5.74, 6) is -0.305. The summed E-state index contributed by atoms with van der Waals surface area (Å²) in [7, 11) is 1.64. The maximum atomic E-state index is 13.5. The van der Waals surface area contributed by atoms with Crippen molar-refractivity contribution in [3.8, 4) is 0 Å². The van der Waals surface area contributed by atoms with E-state index in [1.54, 1.807) is 19.2 Å². The normalized spacial score (nSPS) is 20.9. The zero-order valence-corrected chi connectivity index (χ0v) is 14.1. The first-order valence-electron chi connectivity index (χ1n) is 6.58. The minimum atomic E-state index is -0.249. The molecule has 1 saturated heterocycles. The van der Waals surface area contributed by atoms with Gasteiger partial charge in [-0.3, -0.25) is 4.79 Å². The van der Waals surface area contributed by atoms with Crippen LogP contribution in [0.5, 0.6) is 0 Å². The maximum absolute atomic E-state index is 13.5. The summed E-state index contributed by atoms with van der Waals surface area (Å²) in [6, 6.07) is 4.59. The van der Waals surface area contributed by atoms with Gasteiger partial charge in [-0.25, -0.2) is 4.39 Å². The molecule has 0 unspecified atom stereocenters. The largest absolute Gasteiger partial charge is 0.380 e. The summed E-state index contributed by atoms with van der Waals surface area (Å²) in [5.41, 5.74) is 0.592. The molecular formula is C14H19BrClFN2O2. The van der Waals surface area contributed by atoms with E-state index >= 15 is 0 Å². The number of hydrogen-bond acceptors (Lipinski definition) is 3. The van der Waals surface area contributed by atoms with Gasteiger partial charge in [-0.05, 0) is 36.6 Å². The first kappa shape index (κ1) is 18.4. The molecule has 0 spiro atoms. The fraction of sp³-hybridized carbons (Fsp3) is 0.500. The second kappa shape index (κ2) is 8.68. The molecule has 0 aromatic heterocycles. The number of rotatable bonds is 5. The van der Waals surface area contributed by atoms with Gasteiger partial charge in [0.15, 0.2) is 0 Å². The lowest BCUT2D eigenvalue weighted by atomic mass is 10.1. The molecule has 0 bridgehead atoms. The molecule has 118 valence electrons. The topological polar surface area (TPSA) is 50.4 Å². The molecule has 1 aliphatic rings. The number of ether oxygens (including phenoxy) is 1. The van der Waals surface area contributed by atoms with E-state index in [1.807, 2.05) is 0 Å². The molecule has 1 aromatic carbocycles. The highest BCUT2D eigenvalue weighted by Crippen LogP contribution is 2.16. The van der Waals surface area contributed by atoms with Gasteiger partial charge in [-0.2, -0.15) is 0 Å². The van der Waals surface area contributed by atoms with Crippen molar-refractivity contribution >= 4 is 34.2 Å². The number of carbonyl (C=O) groups excluding carboxylic acids is 1. The first-order valence-corrected chi connectivity index (χ1v) is 7.37. The molecule has 0 saturated carbocycles. The summed E-state index contributed by atoms with van der Waals surface area (Å²) < 4.78 is 19.6. The number of nitrogens with one attached hydrogen (secondary N) is 2. The fourth-order valence-corrected chi connectivity index (χ4v) is 2.67. The van der Waals surface area contributed by atoms with Gasteiger partial charge in [0.2, 0.25) is 5.91 Å². The molecule has 1 aliphatic heterocycles. The van der Waals surface area contributed by atoms with Crippen molar-refractivity contribution in [1.29, 1.82) is 0 Å². The van der Waals surface area contributed by atoms with Crippen LogP contribution in [0.4, 0.5) is 4.39 Å². The Morgan fingerprint density at radius 3 is 3.00 bits per heavy atom. The maximum Gasteiger partial charge on any atom is 0.237 e. The van der Waals surface area contributed by atoms with E-state index in [2.05, 4.69) is 26.6 Å². The van der Waals surface area contributed by atoms with Gasteiger partial charge in [0.1, 0.15) is 5.82 Å². The predicted octanol–water partition coefficient (Wildman–Crippen LogP) is 2.05. The number of halogens is 3. The van der Waals surface area contributed by atoms with Gasteiger partial charge >= 0.3 is 0 Å². The van der Waals surface area contributed by atoms with Crippen LogP contribution in [-0.4, -0.2) is 38.3 Å². The average Bonchev–Trinajstić information content (AvgIpc) is 2.91. The van der Waals surface area contributed by atoms with Crippen molar-refractivity contribution in [2.45, 2.75) is 25.0 Å². The summed E-state index contributed by atoms with van der Waals surface area (Å²) >= 11 is 3.31. The van der Waals surface area contributed by atoms with Crippen LogP contribution in [0, 0.1) is 5.82 Å². The van der Waals surface area contributed by atoms with Crippen LogP contribution in [0.25, 0.3) is 0 Å². The molecule has 0 aliphatic carbocycles. The number of carbonyl (C=O) groups is 1. The fourth-order valence-electron chi connectivity index (χ4n) is 2.26. The zero-order chi connectivity index (χ0) is 14.5. The van der Waals surface area contributed by atoms with E-state index < -0.39 is 0 Å². The summed E-state index contributed by atoms with van der Waals surface area (Å²) in [5, 5.41) is 5.93. The van der Waals surface area contributed by atoms with Crippen LogP contribution in [-0.2, 0) is 16.0 Å². The van der Waals surface area contributed by atoms with Crippen molar-refractivity contribution in [1.82, 2.24) is 10.6 Å². The Labute approximate surface area is 138 Å². The van der Waals surface area contributed by atoms with Crippen LogP contribution in [0.2, 0.25) is 0 Å². The lowest BCUT2D eigenvalue weighted by molar-refractivity contribution is -0.122. The van der Waals surface area contributed by atoms with Gasteiger partial charge in [0, 0.05) is 24.7 Å². The van der Waals surface area contributed by atoms with Crippen molar-refractivity contribution in [3.05, 3.63) is 34.1 Å². The molecule has 2 atom stereocenters. The van der Waals surface area contributed by atoms with E-state index in [-0.39, 0.29) is 36.3 Å². The third kappa shape index (κ3) is 5.21. The van der Waals surface area contributed by atoms with Crippen molar-refractivity contribution < 1.29 is 13.9 Å². The molecule has 1 aromatic rings. The number of methoxy groups -OCH3 is 1. The van der Waals surface area contributed by atoms with Gasteiger partial charge < -0.3 is 15.4 Å². The highest BCUT2D eigenvalue weighted by Gasteiger charge is 2.28. The van der Waals surface area contributed by atoms with Crippen molar-refractivity contribution in [2.24, 2.45) is 0 Å². The SMILES string of the molecule is CO[C@@H]1CN[C@H](C(=O)NCCc2cc(Br)ccc2F)C1.Cl. The van der Waals surface area contributed by atoms with E-state index in [0.29, 0.717) is 31.5 Å². The highest BCUT2D eigenvalue weighted by atomic mass is 79.9. The van der Waals surface area contributed by atoms with Crippen molar-refractivity contribution in [3.63, 3.8) is 0 Å². The Hall–Kier alpha value is -0.690. The van der Waals surface area contributed by atoms with Crippen LogP contribution >= 0.6 is 28.3 Å². The summed E-state index contributed by atoms with van der Waals surface area (Å²) in [6.07, 6.45) is 1.23. The van der Waals surface area contributed by atoms with E-state index in [4.69, 9.17) is 4.74 Å². The summed E-state index contributed by atoms with van der Waals surface area (Å²) in [6.45, 7) is 1.11. The van der Waals surface area contributed by atoms with Gasteiger partial charge in [-0.1, -0.05) is 15.9 Å². The zero-order valence-electron chi connectivity index (χ0n) is 11.7. The van der Waals surface area contributed by atoms with Crippen LogP contribution in [0.3, 0.4) is 0 Å². The Kier molecular flexibility index (Phi) is 7.59. The molecular weight excluding hydrogens is 363 g/mol. The monoisotopic (exact) mass is 380 g/mol. The second-order valence-electron chi connectivity index (χ2n) is 4.83. The Morgan fingerprint density at radius 2 is 2.33 bits per heavy atom. The Bertz CT molecular complexity index is 490. The third-order valence-corrected chi connectivity index (χ3v) is 3.93. The molecule has 1 amide bonds. The van der Waals surface area contributed by atoms with Gasteiger partial charge in [-0.15, -0.1) is 12.4 Å². The number of hydrogen-bond donors (Lipinski definition) is 2. The molecule has 2 rings (SSSR count). The molecule has 4 nitrogen and oxygen atoms in total. The van der Waals surface area contributed by atoms with Crippen LogP contribution in [0.1, 0.15) is 12.0 Å². The molecule has 1 fully saturated rings. The standard InChI is InChI=1S/C14H18BrFN2O2.ClH/c1-20-11-7-13(18-8-11)14(19)17-5-4-9-6-10(15)2-3-12(9)16;/h2-3,6,11,13,18H,4-5,7-8H2,1H3,(H,17,19);1H/t11-,13-;/m0./s1. The molecule has 2 N–H and O–H groups in total. The minimum Gasteiger partial charge on any atom is -0.380 e. The van der Waals surface area contributed by atoms with Crippen LogP contribution < -0.4 is 10.6 Å². The molecule has 21 heavy (non-hydrogen) atoms. The Balaban J connectivity index is 0.00000220. The smallest absolute Gasteiger partial charge is 0.237 e. The lowest BCUT2D eigenvalue weighted by Crippen LogP contribution is -2.41. The van der Waals surface area contributed by atoms with Gasteiger partial charge in [0.25, 0.3) is 0 Å². The molecule has 7 heteroatoms. The van der Waals surface area contributed by atoms with Crippen molar-refractivity contribution in [2.75, 3.05) is 20.2 Å². The van der Waals surface area contributed by atoms with Crippen LogP contribution in [0.15, 0.2) is 22.7 Å².